The smallest absolute Gasteiger partial charge is 0.280 e. The maximum Gasteiger partial charge on any atom is 0.280 e. The van der Waals surface area contributed by atoms with E-state index in [0.29, 0.717) is 10.7 Å². The number of halogens is 4. The van der Waals surface area contributed by atoms with Crippen molar-refractivity contribution < 1.29 is 18.0 Å². The van der Waals surface area contributed by atoms with Gasteiger partial charge >= 0.3 is 0 Å². The van der Waals surface area contributed by atoms with Crippen molar-refractivity contribution in [2.75, 3.05) is 0 Å². The maximum atomic E-state index is 14.0. The third-order valence-electron chi connectivity index (χ3n) is 4.05. The number of furan rings is 1. The highest BCUT2D eigenvalue weighted by atomic mass is 35.5. The molecule has 2 aromatic carbocycles. The average Bonchev–Trinajstić information content (AvgIpc) is 3.30. The molecule has 0 radical (unpaired) electrons. The Morgan fingerprint density at radius 2 is 1.75 bits per heavy atom. The zero-order valence-corrected chi connectivity index (χ0v) is 15.5. The Morgan fingerprint density at radius 3 is 2.50 bits per heavy atom. The normalized spacial score (nSPS) is 11.0. The summed E-state index contributed by atoms with van der Waals surface area (Å²) in [6.45, 7) is 0. The largest absolute Gasteiger partial charge is 0.454 e. The highest BCUT2D eigenvalue weighted by Crippen LogP contribution is 2.31. The van der Waals surface area contributed by atoms with Crippen LogP contribution < -0.4 is 0 Å². The highest BCUT2D eigenvalue weighted by molar-refractivity contribution is 6.36. The fourth-order valence-electron chi connectivity index (χ4n) is 2.74. The molecule has 0 fully saturated rings. The van der Waals surface area contributed by atoms with Crippen molar-refractivity contribution in [2.45, 2.75) is 0 Å². The van der Waals surface area contributed by atoms with Crippen LogP contribution in [0.5, 0.6) is 0 Å². The van der Waals surface area contributed by atoms with E-state index in [9.17, 15) is 13.6 Å². The monoisotopic (exact) mass is 418 g/mol. The van der Waals surface area contributed by atoms with Gasteiger partial charge in [0.1, 0.15) is 23.1 Å². The standard InChI is InChI=1S/C20H10Cl2F2N2O2/c21-11-1-3-13(15(22)9-11)20(27)26-17(7-8-25-26)19-6-5-18(28-19)14-4-2-12(23)10-16(14)24/h1-10H. The molecule has 0 aliphatic heterocycles. The van der Waals surface area contributed by atoms with Gasteiger partial charge in [0.2, 0.25) is 0 Å². The van der Waals surface area contributed by atoms with Gasteiger partial charge in [-0.1, -0.05) is 23.2 Å². The fourth-order valence-corrected chi connectivity index (χ4v) is 3.23. The summed E-state index contributed by atoms with van der Waals surface area (Å²) in [5, 5.41) is 4.62. The Kier molecular flexibility index (Phi) is 4.75. The number of hydrogen-bond donors (Lipinski definition) is 0. The number of rotatable bonds is 3. The van der Waals surface area contributed by atoms with Crippen LogP contribution in [-0.2, 0) is 0 Å². The molecule has 4 rings (SSSR count). The van der Waals surface area contributed by atoms with Gasteiger partial charge in [0, 0.05) is 11.1 Å². The molecule has 4 nitrogen and oxygen atoms in total. The summed E-state index contributed by atoms with van der Waals surface area (Å²) in [6, 6.07) is 12.4. The lowest BCUT2D eigenvalue weighted by Gasteiger charge is -2.07. The van der Waals surface area contributed by atoms with E-state index in [1.165, 1.54) is 30.5 Å². The first-order valence-corrected chi connectivity index (χ1v) is 8.79. The van der Waals surface area contributed by atoms with Crippen LogP contribution in [0.2, 0.25) is 10.0 Å². The molecule has 2 aromatic heterocycles. The van der Waals surface area contributed by atoms with Crippen LogP contribution in [0.25, 0.3) is 22.8 Å². The third kappa shape index (κ3) is 3.32. The van der Waals surface area contributed by atoms with Gasteiger partial charge in [0.05, 0.1) is 22.3 Å². The minimum atomic E-state index is -0.751. The maximum absolute atomic E-state index is 14.0. The van der Waals surface area contributed by atoms with Gasteiger partial charge in [-0.2, -0.15) is 9.78 Å². The second-order valence-corrected chi connectivity index (χ2v) is 6.69. The van der Waals surface area contributed by atoms with Crippen LogP contribution in [0.15, 0.2) is 65.2 Å². The molecule has 0 atom stereocenters. The summed E-state index contributed by atoms with van der Waals surface area (Å²) in [4.78, 5) is 12.8. The first-order chi connectivity index (χ1) is 13.4. The van der Waals surface area contributed by atoms with Gasteiger partial charge in [0.25, 0.3) is 5.91 Å². The number of benzene rings is 2. The van der Waals surface area contributed by atoms with E-state index in [0.717, 1.165) is 16.8 Å². The molecule has 0 unspecified atom stereocenters. The Hall–Kier alpha value is -2.96. The molecule has 0 spiro atoms. The number of aromatic nitrogens is 2. The first kappa shape index (κ1) is 18.4. The number of carbonyl (C=O) groups excluding carboxylic acids is 1. The third-order valence-corrected chi connectivity index (χ3v) is 4.60. The van der Waals surface area contributed by atoms with Gasteiger partial charge in [-0.3, -0.25) is 4.79 Å². The Bertz CT molecular complexity index is 1200. The topological polar surface area (TPSA) is 48.0 Å². The van der Waals surface area contributed by atoms with Gasteiger partial charge in [0.15, 0.2) is 5.76 Å². The summed E-state index contributed by atoms with van der Waals surface area (Å²) in [7, 11) is 0. The predicted molar refractivity (Wildman–Crippen MR) is 101 cm³/mol. The van der Waals surface area contributed by atoms with Gasteiger partial charge < -0.3 is 4.42 Å². The summed E-state index contributed by atoms with van der Waals surface area (Å²) in [5.74, 6) is -1.44. The van der Waals surface area contributed by atoms with Crippen molar-refractivity contribution >= 4 is 29.1 Å². The SMILES string of the molecule is O=C(c1ccc(Cl)cc1Cl)n1nccc1-c1ccc(-c2ccc(F)cc2F)o1. The van der Waals surface area contributed by atoms with Gasteiger partial charge in [-0.05, 0) is 48.5 Å². The zero-order chi connectivity index (χ0) is 19.8. The van der Waals surface area contributed by atoms with Crippen molar-refractivity contribution in [1.29, 1.82) is 0 Å². The number of nitrogens with zero attached hydrogens (tertiary/aromatic N) is 2. The molecule has 2 heterocycles. The van der Waals surface area contributed by atoms with Crippen LogP contribution in [0.3, 0.4) is 0 Å². The number of carbonyl (C=O) groups is 1. The van der Waals surface area contributed by atoms with E-state index in [4.69, 9.17) is 27.6 Å². The van der Waals surface area contributed by atoms with E-state index in [1.54, 1.807) is 18.2 Å². The summed E-state index contributed by atoms with van der Waals surface area (Å²) < 4.78 is 33.9. The molecule has 140 valence electrons. The molecule has 0 aliphatic rings. The Balaban J connectivity index is 1.72. The van der Waals surface area contributed by atoms with Gasteiger partial charge in [-0.15, -0.1) is 0 Å². The molecule has 0 saturated heterocycles. The van der Waals surface area contributed by atoms with Crippen LogP contribution in [-0.4, -0.2) is 15.7 Å². The fraction of sp³-hybridized carbons (Fsp3) is 0. The van der Waals surface area contributed by atoms with E-state index in [2.05, 4.69) is 5.10 Å². The molecule has 0 N–H and O–H groups in total. The van der Waals surface area contributed by atoms with Crippen molar-refractivity contribution in [3.8, 4) is 22.8 Å². The lowest BCUT2D eigenvalue weighted by molar-refractivity contribution is 0.0947. The van der Waals surface area contributed by atoms with Crippen molar-refractivity contribution in [1.82, 2.24) is 9.78 Å². The Morgan fingerprint density at radius 1 is 0.964 bits per heavy atom. The van der Waals surface area contributed by atoms with E-state index in [-0.39, 0.29) is 27.7 Å². The van der Waals surface area contributed by atoms with Crippen LogP contribution in [0.1, 0.15) is 10.4 Å². The molecule has 0 aliphatic carbocycles. The molecule has 28 heavy (non-hydrogen) atoms. The van der Waals surface area contributed by atoms with Crippen LogP contribution in [0, 0.1) is 11.6 Å². The molecular formula is C20H10Cl2F2N2O2. The molecule has 4 aromatic rings. The Labute approximate surface area is 167 Å². The zero-order valence-electron chi connectivity index (χ0n) is 14.0. The number of hydrogen-bond acceptors (Lipinski definition) is 3. The van der Waals surface area contributed by atoms with Crippen LogP contribution in [0.4, 0.5) is 8.78 Å². The molecule has 0 amide bonds. The van der Waals surface area contributed by atoms with E-state index < -0.39 is 17.5 Å². The predicted octanol–water partition coefficient (Wildman–Crippen LogP) is 6.08. The van der Waals surface area contributed by atoms with Crippen molar-refractivity contribution in [3.63, 3.8) is 0 Å². The summed E-state index contributed by atoms with van der Waals surface area (Å²) in [5.41, 5.74) is 0.669. The van der Waals surface area contributed by atoms with Gasteiger partial charge in [-0.25, -0.2) is 8.78 Å². The lowest BCUT2D eigenvalue weighted by Crippen LogP contribution is -2.15. The summed E-state index contributed by atoms with van der Waals surface area (Å²) >= 11 is 12.0. The summed E-state index contributed by atoms with van der Waals surface area (Å²) in [6.07, 6.45) is 1.43. The minimum absolute atomic E-state index is 0.103. The molecule has 0 saturated carbocycles. The molecule has 8 heteroatoms. The van der Waals surface area contributed by atoms with E-state index >= 15 is 0 Å². The lowest BCUT2D eigenvalue weighted by atomic mass is 10.1. The first-order valence-electron chi connectivity index (χ1n) is 8.03. The quantitative estimate of drug-likeness (QED) is 0.404. The molecular weight excluding hydrogens is 409 g/mol. The van der Waals surface area contributed by atoms with Crippen molar-refractivity contribution in [2.24, 2.45) is 0 Å². The van der Waals surface area contributed by atoms with Crippen molar-refractivity contribution in [3.05, 3.63) is 88.0 Å². The molecule has 0 bridgehead atoms. The second-order valence-electron chi connectivity index (χ2n) is 5.85. The average molecular weight is 419 g/mol. The highest BCUT2D eigenvalue weighted by Gasteiger charge is 2.20. The minimum Gasteiger partial charge on any atom is -0.454 e. The van der Waals surface area contributed by atoms with E-state index in [1.807, 2.05) is 0 Å². The van der Waals surface area contributed by atoms with Crippen LogP contribution >= 0.6 is 23.2 Å². The second kappa shape index (κ2) is 7.22.